The summed E-state index contributed by atoms with van der Waals surface area (Å²) in [5, 5.41) is 14.2. The Balaban J connectivity index is 1.58. The molecule has 9 heteroatoms. The Labute approximate surface area is 161 Å². The molecule has 148 valence electrons. The fourth-order valence-corrected chi connectivity index (χ4v) is 2.97. The lowest BCUT2D eigenvalue weighted by molar-refractivity contribution is 0.142. The number of methoxy groups -OCH3 is 1. The molecule has 0 aliphatic carbocycles. The zero-order chi connectivity index (χ0) is 20.1. The minimum Gasteiger partial charge on any atom is -0.495 e. The van der Waals surface area contributed by atoms with Crippen molar-refractivity contribution in [1.29, 1.82) is 0 Å². The van der Waals surface area contributed by atoms with Gasteiger partial charge in [-0.05, 0) is 36.4 Å². The number of urea groups is 1. The first kappa shape index (κ1) is 19.3. The predicted molar refractivity (Wildman–Crippen MR) is 104 cm³/mol. The Bertz CT molecular complexity index is 852. The molecule has 0 radical (unpaired) electrons. The monoisotopic (exact) mass is 388 g/mol. The van der Waals surface area contributed by atoms with Crippen molar-refractivity contribution in [1.82, 2.24) is 4.90 Å². The molecule has 0 aromatic heterocycles. The maximum atomic E-state index is 13.4. The predicted octanol–water partition coefficient (Wildman–Crippen LogP) is 3.28. The third kappa shape index (κ3) is 4.61. The Morgan fingerprint density at radius 3 is 2.32 bits per heavy atom. The average Bonchev–Trinajstić information content (AvgIpc) is 2.69. The van der Waals surface area contributed by atoms with E-state index in [-0.39, 0.29) is 5.69 Å². The number of hydrogen-bond donors (Lipinski definition) is 3. The molecule has 8 nitrogen and oxygen atoms in total. The van der Waals surface area contributed by atoms with E-state index in [1.165, 1.54) is 30.2 Å². The van der Waals surface area contributed by atoms with Crippen LogP contribution >= 0.6 is 0 Å². The highest BCUT2D eigenvalue weighted by molar-refractivity contribution is 6.00. The number of halogens is 1. The number of amides is 3. The van der Waals surface area contributed by atoms with Crippen molar-refractivity contribution in [2.75, 3.05) is 48.8 Å². The molecule has 1 aliphatic heterocycles. The van der Waals surface area contributed by atoms with Crippen molar-refractivity contribution in [2.24, 2.45) is 0 Å². The van der Waals surface area contributed by atoms with Gasteiger partial charge in [0.2, 0.25) is 0 Å². The van der Waals surface area contributed by atoms with Crippen molar-refractivity contribution in [3.63, 3.8) is 0 Å². The maximum Gasteiger partial charge on any atom is 0.407 e. The summed E-state index contributed by atoms with van der Waals surface area (Å²) in [5.41, 5.74) is 1.75. The lowest BCUT2D eigenvalue weighted by atomic mass is 10.2. The minimum atomic E-state index is -0.903. The summed E-state index contributed by atoms with van der Waals surface area (Å²) in [6.45, 7) is 2.12. The highest BCUT2D eigenvalue weighted by Crippen LogP contribution is 2.25. The molecule has 1 aliphatic rings. The van der Waals surface area contributed by atoms with Crippen LogP contribution in [0.3, 0.4) is 0 Å². The Morgan fingerprint density at radius 2 is 1.71 bits per heavy atom. The summed E-state index contributed by atoms with van der Waals surface area (Å²) in [5.74, 6) is -0.129. The van der Waals surface area contributed by atoms with Gasteiger partial charge in [0, 0.05) is 43.6 Å². The van der Waals surface area contributed by atoms with Gasteiger partial charge in [0.25, 0.3) is 0 Å². The number of piperazine rings is 1. The van der Waals surface area contributed by atoms with Crippen molar-refractivity contribution in [2.45, 2.75) is 0 Å². The molecule has 2 aromatic rings. The van der Waals surface area contributed by atoms with E-state index in [4.69, 9.17) is 9.84 Å². The van der Waals surface area contributed by atoms with Crippen molar-refractivity contribution >= 4 is 29.2 Å². The summed E-state index contributed by atoms with van der Waals surface area (Å²) >= 11 is 0. The van der Waals surface area contributed by atoms with E-state index in [9.17, 15) is 14.0 Å². The van der Waals surface area contributed by atoms with Crippen LogP contribution in [0.1, 0.15) is 0 Å². The molecule has 3 rings (SSSR count). The van der Waals surface area contributed by atoms with E-state index in [0.29, 0.717) is 37.6 Å². The molecule has 1 heterocycles. The molecule has 0 saturated carbocycles. The lowest BCUT2D eigenvalue weighted by Gasteiger charge is -2.34. The van der Waals surface area contributed by atoms with Gasteiger partial charge in [0.15, 0.2) is 0 Å². The molecule has 0 unspecified atom stereocenters. The van der Waals surface area contributed by atoms with Crippen LogP contribution in [0.2, 0.25) is 0 Å². The summed E-state index contributed by atoms with van der Waals surface area (Å²) < 4.78 is 18.5. The summed E-state index contributed by atoms with van der Waals surface area (Å²) in [6.07, 6.45) is -0.903. The second-order valence-electron chi connectivity index (χ2n) is 6.23. The molecule has 0 atom stereocenters. The number of ether oxygens (including phenoxy) is 1. The number of carbonyl (C=O) groups is 2. The van der Waals surface area contributed by atoms with Crippen molar-refractivity contribution < 1.29 is 23.8 Å². The van der Waals surface area contributed by atoms with Crippen LogP contribution in [-0.4, -0.2) is 55.4 Å². The number of rotatable bonds is 4. The number of anilines is 3. The molecule has 0 spiro atoms. The zero-order valence-electron chi connectivity index (χ0n) is 15.3. The van der Waals surface area contributed by atoms with Crippen LogP contribution in [0.25, 0.3) is 0 Å². The van der Waals surface area contributed by atoms with Crippen LogP contribution < -0.4 is 20.3 Å². The molecule has 0 bridgehead atoms. The lowest BCUT2D eigenvalue weighted by Crippen LogP contribution is -2.48. The minimum absolute atomic E-state index is 0.230. The Morgan fingerprint density at radius 1 is 1.04 bits per heavy atom. The van der Waals surface area contributed by atoms with E-state index in [0.717, 1.165) is 5.69 Å². The molecule has 1 fully saturated rings. The second kappa shape index (κ2) is 8.47. The maximum absolute atomic E-state index is 13.4. The summed E-state index contributed by atoms with van der Waals surface area (Å²) in [7, 11) is 1.44. The van der Waals surface area contributed by atoms with Gasteiger partial charge in [0.05, 0.1) is 12.8 Å². The first-order chi connectivity index (χ1) is 13.5. The third-order valence-corrected chi connectivity index (χ3v) is 4.45. The van der Waals surface area contributed by atoms with Crippen LogP contribution in [0.5, 0.6) is 5.75 Å². The van der Waals surface area contributed by atoms with E-state index in [1.807, 2.05) is 12.1 Å². The van der Waals surface area contributed by atoms with Gasteiger partial charge in [-0.3, -0.25) is 0 Å². The van der Waals surface area contributed by atoms with Crippen LogP contribution in [0.15, 0.2) is 42.5 Å². The van der Waals surface area contributed by atoms with Gasteiger partial charge in [-0.15, -0.1) is 0 Å². The standard InChI is InChI=1S/C19H21FN4O4/c1-28-17-7-2-13(20)12-16(17)22-18(25)21-14-3-5-15(6-4-14)23-8-10-24(11-9-23)19(26)27/h2-7,12H,8-11H2,1H3,(H,26,27)(H2,21,22,25). The first-order valence-electron chi connectivity index (χ1n) is 8.70. The normalized spacial score (nSPS) is 13.8. The van der Waals surface area contributed by atoms with Crippen LogP contribution in [0, 0.1) is 5.82 Å². The molecule has 2 aromatic carbocycles. The fraction of sp³-hybridized carbons (Fsp3) is 0.263. The van der Waals surface area contributed by atoms with E-state index >= 15 is 0 Å². The highest BCUT2D eigenvalue weighted by Gasteiger charge is 2.20. The largest absolute Gasteiger partial charge is 0.495 e. The molecule has 3 N–H and O–H groups in total. The Hall–Kier alpha value is -3.49. The van der Waals surface area contributed by atoms with Crippen LogP contribution in [-0.2, 0) is 0 Å². The SMILES string of the molecule is COc1ccc(F)cc1NC(=O)Nc1ccc(N2CCN(C(=O)O)CC2)cc1. The van der Waals surface area contributed by atoms with Gasteiger partial charge >= 0.3 is 12.1 Å². The Kier molecular flexibility index (Phi) is 5.83. The number of carboxylic acid groups (broad SMARTS) is 1. The molecule has 1 saturated heterocycles. The van der Waals surface area contributed by atoms with Crippen LogP contribution in [0.4, 0.5) is 31.0 Å². The van der Waals surface area contributed by atoms with E-state index in [1.54, 1.807) is 12.1 Å². The highest BCUT2D eigenvalue weighted by atomic mass is 19.1. The molecular weight excluding hydrogens is 367 g/mol. The third-order valence-electron chi connectivity index (χ3n) is 4.45. The summed E-state index contributed by atoms with van der Waals surface area (Å²) in [6, 6.07) is 10.6. The fourth-order valence-electron chi connectivity index (χ4n) is 2.97. The van der Waals surface area contributed by atoms with E-state index in [2.05, 4.69) is 15.5 Å². The van der Waals surface area contributed by atoms with Gasteiger partial charge in [0.1, 0.15) is 11.6 Å². The van der Waals surface area contributed by atoms with Crippen molar-refractivity contribution in [3.8, 4) is 5.75 Å². The number of carbonyl (C=O) groups excluding carboxylic acids is 1. The smallest absolute Gasteiger partial charge is 0.407 e. The van der Waals surface area contributed by atoms with Gasteiger partial charge in [-0.2, -0.15) is 0 Å². The topological polar surface area (TPSA) is 94.1 Å². The van der Waals surface area contributed by atoms with Gasteiger partial charge < -0.3 is 30.3 Å². The van der Waals surface area contributed by atoms with E-state index < -0.39 is 17.9 Å². The number of nitrogens with one attached hydrogen (secondary N) is 2. The molecular formula is C19H21FN4O4. The first-order valence-corrected chi connectivity index (χ1v) is 8.70. The quantitative estimate of drug-likeness (QED) is 0.747. The summed E-state index contributed by atoms with van der Waals surface area (Å²) in [4.78, 5) is 26.6. The number of nitrogens with zero attached hydrogens (tertiary/aromatic N) is 2. The van der Waals surface area contributed by atoms with Gasteiger partial charge in [-0.1, -0.05) is 0 Å². The van der Waals surface area contributed by atoms with Gasteiger partial charge in [-0.25, -0.2) is 14.0 Å². The number of benzene rings is 2. The molecule has 28 heavy (non-hydrogen) atoms. The molecule has 3 amide bonds. The number of hydrogen-bond acceptors (Lipinski definition) is 4. The average molecular weight is 388 g/mol. The zero-order valence-corrected chi connectivity index (χ0v) is 15.3. The van der Waals surface area contributed by atoms with Crippen molar-refractivity contribution in [3.05, 3.63) is 48.3 Å². The second-order valence-corrected chi connectivity index (χ2v) is 6.23.